The van der Waals surface area contributed by atoms with Crippen molar-refractivity contribution >= 4 is 5.91 Å². The fraction of sp³-hybridized carbons (Fsp3) is 0.562. The minimum atomic E-state index is 0.0775. The van der Waals surface area contributed by atoms with Crippen molar-refractivity contribution in [2.45, 2.75) is 51.1 Å². The Kier molecular flexibility index (Phi) is 5.41. The smallest absolute Gasteiger partial charge is 0.217 e. The van der Waals surface area contributed by atoms with Crippen molar-refractivity contribution in [1.82, 2.24) is 10.6 Å². The molecular weight excluding hydrogens is 252 g/mol. The summed E-state index contributed by atoms with van der Waals surface area (Å²) in [5, 5.41) is 15.8. The average molecular weight is 276 g/mol. The first-order valence-electron chi connectivity index (χ1n) is 7.42. The average Bonchev–Trinajstić information content (AvgIpc) is 2.42. The summed E-state index contributed by atoms with van der Waals surface area (Å²) in [5.74, 6) is 0.395. The van der Waals surface area contributed by atoms with Crippen LogP contribution < -0.4 is 10.6 Å². The Morgan fingerprint density at radius 3 is 2.35 bits per heavy atom. The Morgan fingerprint density at radius 1 is 1.15 bits per heavy atom. The molecular formula is C16H24N2O2. The van der Waals surface area contributed by atoms with Crippen molar-refractivity contribution < 1.29 is 9.90 Å². The van der Waals surface area contributed by atoms with Gasteiger partial charge >= 0.3 is 0 Å². The molecule has 4 heteroatoms. The number of carbonyl (C=O) groups excluding carboxylic acids is 1. The van der Waals surface area contributed by atoms with Gasteiger partial charge in [0.1, 0.15) is 5.75 Å². The molecule has 0 aliphatic heterocycles. The molecule has 1 aliphatic rings. The molecule has 1 aliphatic carbocycles. The minimum Gasteiger partial charge on any atom is -0.508 e. The highest BCUT2D eigenvalue weighted by Crippen LogP contribution is 2.18. The van der Waals surface area contributed by atoms with Crippen molar-refractivity contribution in [2.24, 2.45) is 0 Å². The molecule has 1 saturated carbocycles. The first-order valence-corrected chi connectivity index (χ1v) is 7.42. The molecule has 0 atom stereocenters. The van der Waals surface area contributed by atoms with Gasteiger partial charge in [0.25, 0.3) is 0 Å². The number of hydrogen-bond donors (Lipinski definition) is 3. The Morgan fingerprint density at radius 2 is 1.75 bits per heavy atom. The number of nitrogens with one attached hydrogen (secondary N) is 2. The molecule has 0 bridgehead atoms. The predicted octanol–water partition coefficient (Wildman–Crippen LogP) is 1.97. The molecule has 0 heterocycles. The SMILES string of the molecule is CC(=O)NC1CCC(NCCc2ccc(O)cc2)CC1. The van der Waals surface area contributed by atoms with Gasteiger partial charge in [-0.25, -0.2) is 0 Å². The second-order valence-electron chi connectivity index (χ2n) is 5.62. The van der Waals surface area contributed by atoms with Crippen molar-refractivity contribution in [3.05, 3.63) is 29.8 Å². The summed E-state index contributed by atoms with van der Waals surface area (Å²) < 4.78 is 0. The lowest BCUT2D eigenvalue weighted by atomic mass is 9.91. The molecule has 1 fully saturated rings. The first kappa shape index (κ1) is 14.9. The lowest BCUT2D eigenvalue weighted by molar-refractivity contribution is -0.119. The van der Waals surface area contributed by atoms with E-state index >= 15 is 0 Å². The molecule has 0 radical (unpaired) electrons. The molecule has 1 aromatic rings. The highest BCUT2D eigenvalue weighted by Gasteiger charge is 2.20. The number of aromatic hydroxyl groups is 1. The fourth-order valence-corrected chi connectivity index (χ4v) is 2.81. The van der Waals surface area contributed by atoms with Crippen molar-refractivity contribution in [3.63, 3.8) is 0 Å². The van der Waals surface area contributed by atoms with Crippen LogP contribution >= 0.6 is 0 Å². The van der Waals surface area contributed by atoms with Gasteiger partial charge in [0.15, 0.2) is 0 Å². The van der Waals surface area contributed by atoms with E-state index in [0.29, 0.717) is 17.8 Å². The van der Waals surface area contributed by atoms with Gasteiger partial charge in [0.05, 0.1) is 0 Å². The van der Waals surface area contributed by atoms with E-state index in [0.717, 1.165) is 38.6 Å². The number of phenols is 1. The molecule has 4 nitrogen and oxygen atoms in total. The third-order valence-corrected chi connectivity index (χ3v) is 3.92. The van der Waals surface area contributed by atoms with Gasteiger partial charge in [-0.05, 0) is 56.3 Å². The lowest BCUT2D eigenvalue weighted by Gasteiger charge is -2.29. The van der Waals surface area contributed by atoms with Crippen molar-refractivity contribution in [2.75, 3.05) is 6.54 Å². The number of hydrogen-bond acceptors (Lipinski definition) is 3. The van der Waals surface area contributed by atoms with Crippen LogP contribution in [0.1, 0.15) is 38.2 Å². The van der Waals surface area contributed by atoms with Gasteiger partial charge in [-0.15, -0.1) is 0 Å². The van der Waals surface area contributed by atoms with Crippen molar-refractivity contribution in [3.8, 4) is 5.75 Å². The van der Waals surface area contributed by atoms with E-state index in [1.54, 1.807) is 19.1 Å². The second-order valence-corrected chi connectivity index (χ2v) is 5.62. The van der Waals surface area contributed by atoms with E-state index in [4.69, 9.17) is 0 Å². The zero-order chi connectivity index (χ0) is 14.4. The number of phenolic OH excluding ortho intramolecular Hbond substituents is 1. The third-order valence-electron chi connectivity index (χ3n) is 3.92. The Labute approximate surface area is 120 Å². The van der Waals surface area contributed by atoms with Crippen LogP contribution in [-0.4, -0.2) is 29.6 Å². The highest BCUT2D eigenvalue weighted by molar-refractivity contribution is 5.73. The zero-order valence-corrected chi connectivity index (χ0v) is 12.1. The third kappa shape index (κ3) is 4.85. The maximum Gasteiger partial charge on any atom is 0.217 e. The van der Waals surface area contributed by atoms with Gasteiger partial charge in [0, 0.05) is 19.0 Å². The van der Waals surface area contributed by atoms with E-state index in [-0.39, 0.29) is 5.91 Å². The Hall–Kier alpha value is -1.55. The van der Waals surface area contributed by atoms with Crippen LogP contribution in [-0.2, 0) is 11.2 Å². The second kappa shape index (κ2) is 7.29. The van der Waals surface area contributed by atoms with Crippen LogP contribution in [0.3, 0.4) is 0 Å². The van der Waals surface area contributed by atoms with Gasteiger partial charge in [-0.3, -0.25) is 4.79 Å². The Balaban J connectivity index is 1.63. The normalized spacial score (nSPS) is 22.4. The quantitative estimate of drug-likeness (QED) is 0.770. The number of carbonyl (C=O) groups is 1. The number of amides is 1. The minimum absolute atomic E-state index is 0.0775. The summed E-state index contributed by atoms with van der Waals surface area (Å²) in [6.45, 7) is 2.54. The van der Waals surface area contributed by atoms with E-state index in [1.165, 1.54) is 5.56 Å². The van der Waals surface area contributed by atoms with E-state index in [9.17, 15) is 9.90 Å². The van der Waals surface area contributed by atoms with Crippen LogP contribution in [0, 0.1) is 0 Å². The fourth-order valence-electron chi connectivity index (χ4n) is 2.81. The molecule has 0 aromatic heterocycles. The van der Waals surface area contributed by atoms with Crippen LogP contribution in [0.25, 0.3) is 0 Å². The summed E-state index contributed by atoms with van der Waals surface area (Å²) in [6.07, 6.45) is 5.36. The van der Waals surface area contributed by atoms with Gasteiger partial charge < -0.3 is 15.7 Å². The standard InChI is InChI=1S/C16H24N2O2/c1-12(19)18-15-6-4-14(5-7-15)17-11-10-13-2-8-16(20)9-3-13/h2-3,8-9,14-15,17,20H,4-7,10-11H2,1H3,(H,18,19). The van der Waals surface area contributed by atoms with E-state index < -0.39 is 0 Å². The van der Waals surface area contributed by atoms with Gasteiger partial charge in [-0.1, -0.05) is 12.1 Å². The zero-order valence-electron chi connectivity index (χ0n) is 12.1. The molecule has 1 aromatic carbocycles. The molecule has 0 unspecified atom stereocenters. The van der Waals surface area contributed by atoms with Gasteiger partial charge in [-0.2, -0.15) is 0 Å². The van der Waals surface area contributed by atoms with E-state index in [2.05, 4.69) is 10.6 Å². The predicted molar refractivity (Wildman–Crippen MR) is 79.7 cm³/mol. The first-order chi connectivity index (χ1) is 9.63. The van der Waals surface area contributed by atoms with Crippen LogP contribution in [0.15, 0.2) is 24.3 Å². The maximum absolute atomic E-state index is 11.0. The highest BCUT2D eigenvalue weighted by atomic mass is 16.3. The largest absolute Gasteiger partial charge is 0.508 e. The summed E-state index contributed by atoms with van der Waals surface area (Å²) in [6, 6.07) is 8.32. The Bertz CT molecular complexity index is 423. The molecule has 0 spiro atoms. The number of benzene rings is 1. The molecule has 3 N–H and O–H groups in total. The number of rotatable bonds is 5. The topological polar surface area (TPSA) is 61.4 Å². The summed E-state index contributed by atoms with van der Waals surface area (Å²) in [7, 11) is 0. The summed E-state index contributed by atoms with van der Waals surface area (Å²) in [4.78, 5) is 11.0. The lowest BCUT2D eigenvalue weighted by Crippen LogP contribution is -2.41. The van der Waals surface area contributed by atoms with Crippen LogP contribution in [0.4, 0.5) is 0 Å². The summed E-state index contributed by atoms with van der Waals surface area (Å²) in [5.41, 5.74) is 1.24. The molecule has 110 valence electrons. The molecule has 20 heavy (non-hydrogen) atoms. The van der Waals surface area contributed by atoms with E-state index in [1.807, 2.05) is 12.1 Å². The molecule has 2 rings (SSSR count). The monoisotopic (exact) mass is 276 g/mol. The van der Waals surface area contributed by atoms with Gasteiger partial charge in [0.2, 0.25) is 5.91 Å². The molecule has 0 saturated heterocycles. The van der Waals surface area contributed by atoms with Crippen LogP contribution in [0.2, 0.25) is 0 Å². The van der Waals surface area contributed by atoms with Crippen molar-refractivity contribution in [1.29, 1.82) is 0 Å². The van der Waals surface area contributed by atoms with Crippen LogP contribution in [0.5, 0.6) is 5.75 Å². The maximum atomic E-state index is 11.0. The summed E-state index contributed by atoms with van der Waals surface area (Å²) >= 11 is 0. The molecule has 1 amide bonds.